The van der Waals surface area contributed by atoms with Gasteiger partial charge in [-0.1, -0.05) is 23.2 Å². The van der Waals surface area contributed by atoms with Crippen LogP contribution < -0.4 is 10.2 Å². The molecule has 5 nitrogen and oxygen atoms in total. The quantitative estimate of drug-likeness (QED) is 0.678. The highest BCUT2D eigenvalue weighted by molar-refractivity contribution is 6.35. The van der Waals surface area contributed by atoms with Gasteiger partial charge in [-0.15, -0.1) is 0 Å². The van der Waals surface area contributed by atoms with Gasteiger partial charge in [0.05, 0.1) is 5.56 Å². The van der Waals surface area contributed by atoms with Crippen LogP contribution in [0.1, 0.15) is 52.8 Å². The number of halogens is 2. The van der Waals surface area contributed by atoms with Gasteiger partial charge in [-0.25, -0.2) is 0 Å². The molecule has 2 amide bonds. The van der Waals surface area contributed by atoms with Gasteiger partial charge in [0.1, 0.15) is 0 Å². The molecule has 7 heteroatoms. The molecule has 0 spiro atoms. The second-order valence-electron chi connectivity index (χ2n) is 7.89. The maximum absolute atomic E-state index is 13.3. The summed E-state index contributed by atoms with van der Waals surface area (Å²) in [5.41, 5.74) is 2.57. The summed E-state index contributed by atoms with van der Waals surface area (Å²) < 4.78 is 0. The average Bonchev–Trinajstić information content (AvgIpc) is 3.28. The van der Waals surface area contributed by atoms with Crippen LogP contribution in [-0.2, 0) is 0 Å². The summed E-state index contributed by atoms with van der Waals surface area (Å²) in [5, 5.41) is 3.69. The molecule has 2 aliphatic heterocycles. The van der Waals surface area contributed by atoms with E-state index >= 15 is 0 Å². The molecule has 2 aliphatic rings. The highest BCUT2D eigenvalue weighted by Crippen LogP contribution is 2.30. The first-order valence-corrected chi connectivity index (χ1v) is 11.2. The Morgan fingerprint density at radius 1 is 0.800 bits per heavy atom. The first kappa shape index (κ1) is 21.0. The molecule has 2 heterocycles. The number of anilines is 2. The van der Waals surface area contributed by atoms with Crippen LogP contribution >= 0.6 is 23.2 Å². The van der Waals surface area contributed by atoms with Crippen molar-refractivity contribution in [3.05, 3.63) is 57.6 Å². The second-order valence-corrected chi connectivity index (χ2v) is 8.76. The van der Waals surface area contributed by atoms with Crippen molar-refractivity contribution < 1.29 is 9.59 Å². The van der Waals surface area contributed by atoms with Gasteiger partial charge < -0.3 is 15.1 Å². The van der Waals surface area contributed by atoms with Crippen LogP contribution in [0.15, 0.2) is 36.4 Å². The van der Waals surface area contributed by atoms with E-state index in [1.165, 1.54) is 6.42 Å². The smallest absolute Gasteiger partial charge is 0.256 e. The van der Waals surface area contributed by atoms with Crippen LogP contribution in [0.25, 0.3) is 0 Å². The predicted octanol–water partition coefficient (Wildman–Crippen LogP) is 5.47. The molecule has 2 aromatic rings. The van der Waals surface area contributed by atoms with Crippen molar-refractivity contribution in [3.8, 4) is 0 Å². The fourth-order valence-corrected chi connectivity index (χ4v) is 4.70. The van der Waals surface area contributed by atoms with E-state index in [-0.39, 0.29) is 11.8 Å². The summed E-state index contributed by atoms with van der Waals surface area (Å²) in [6, 6.07) is 10.3. The van der Waals surface area contributed by atoms with Crippen molar-refractivity contribution in [2.75, 3.05) is 36.4 Å². The lowest BCUT2D eigenvalue weighted by molar-refractivity contribution is 0.0793. The number of rotatable bonds is 4. The lowest BCUT2D eigenvalue weighted by Gasteiger charge is -2.31. The van der Waals surface area contributed by atoms with Crippen molar-refractivity contribution in [2.45, 2.75) is 32.1 Å². The Balaban J connectivity index is 1.62. The van der Waals surface area contributed by atoms with Gasteiger partial charge in [-0.2, -0.15) is 0 Å². The van der Waals surface area contributed by atoms with Gasteiger partial charge in [0.25, 0.3) is 11.8 Å². The molecule has 0 atom stereocenters. The molecule has 4 rings (SSSR count). The Kier molecular flexibility index (Phi) is 6.49. The van der Waals surface area contributed by atoms with E-state index in [1.807, 2.05) is 17.0 Å². The number of hydrogen-bond acceptors (Lipinski definition) is 3. The van der Waals surface area contributed by atoms with E-state index in [2.05, 4.69) is 10.2 Å². The van der Waals surface area contributed by atoms with Crippen LogP contribution in [0, 0.1) is 0 Å². The van der Waals surface area contributed by atoms with Gasteiger partial charge in [-0.3, -0.25) is 9.59 Å². The van der Waals surface area contributed by atoms with E-state index < -0.39 is 0 Å². The third kappa shape index (κ3) is 4.73. The van der Waals surface area contributed by atoms with Crippen molar-refractivity contribution in [1.82, 2.24) is 4.90 Å². The summed E-state index contributed by atoms with van der Waals surface area (Å²) in [7, 11) is 0. The predicted molar refractivity (Wildman–Crippen MR) is 122 cm³/mol. The molecule has 2 saturated heterocycles. The fourth-order valence-electron chi connectivity index (χ4n) is 4.17. The summed E-state index contributed by atoms with van der Waals surface area (Å²) >= 11 is 12.0. The third-order valence-electron chi connectivity index (χ3n) is 5.70. The van der Waals surface area contributed by atoms with E-state index in [1.54, 1.807) is 24.3 Å². The SMILES string of the molecule is O=C(Nc1ccc(N2CCCCC2)c(C(=O)N2CCCC2)c1)c1cc(Cl)cc(Cl)c1. The Morgan fingerprint density at radius 3 is 2.10 bits per heavy atom. The molecule has 0 aliphatic carbocycles. The number of benzene rings is 2. The zero-order chi connectivity index (χ0) is 21.1. The normalized spacial score (nSPS) is 16.6. The maximum atomic E-state index is 13.3. The number of carbonyl (C=O) groups excluding carboxylic acids is 2. The molecular weight excluding hydrogens is 421 g/mol. The number of nitrogens with zero attached hydrogens (tertiary/aromatic N) is 2. The first-order valence-electron chi connectivity index (χ1n) is 10.5. The van der Waals surface area contributed by atoms with E-state index in [9.17, 15) is 9.59 Å². The highest BCUT2D eigenvalue weighted by Gasteiger charge is 2.25. The monoisotopic (exact) mass is 445 g/mol. The zero-order valence-corrected chi connectivity index (χ0v) is 18.3. The van der Waals surface area contributed by atoms with Crippen LogP contribution in [0.4, 0.5) is 11.4 Å². The molecule has 0 bridgehead atoms. The third-order valence-corrected chi connectivity index (χ3v) is 6.14. The number of nitrogens with one attached hydrogen (secondary N) is 1. The molecule has 30 heavy (non-hydrogen) atoms. The summed E-state index contributed by atoms with van der Waals surface area (Å²) in [6.45, 7) is 3.48. The first-order chi connectivity index (χ1) is 14.5. The number of amides is 2. The summed E-state index contributed by atoms with van der Waals surface area (Å²) in [4.78, 5) is 30.2. The molecule has 0 radical (unpaired) electrons. The zero-order valence-electron chi connectivity index (χ0n) is 16.8. The largest absolute Gasteiger partial charge is 0.371 e. The van der Waals surface area contributed by atoms with Gasteiger partial charge in [0.2, 0.25) is 0 Å². The topological polar surface area (TPSA) is 52.7 Å². The van der Waals surface area contributed by atoms with Gasteiger partial charge >= 0.3 is 0 Å². The lowest BCUT2D eigenvalue weighted by Crippen LogP contribution is -2.34. The molecule has 0 saturated carbocycles. The Morgan fingerprint density at radius 2 is 1.43 bits per heavy atom. The fraction of sp³-hybridized carbons (Fsp3) is 0.391. The van der Waals surface area contributed by atoms with Crippen molar-refractivity contribution >= 4 is 46.4 Å². The van der Waals surface area contributed by atoms with Gasteiger partial charge in [-0.05, 0) is 68.5 Å². The second kappa shape index (κ2) is 9.27. The minimum atomic E-state index is -0.315. The minimum absolute atomic E-state index is 0.0370. The highest BCUT2D eigenvalue weighted by atomic mass is 35.5. The molecule has 1 N–H and O–H groups in total. The van der Waals surface area contributed by atoms with Crippen molar-refractivity contribution in [3.63, 3.8) is 0 Å². The Hall–Kier alpha value is -2.24. The number of piperidine rings is 1. The summed E-state index contributed by atoms with van der Waals surface area (Å²) in [6.07, 6.45) is 5.56. The molecule has 158 valence electrons. The summed E-state index contributed by atoms with van der Waals surface area (Å²) in [5.74, 6) is -0.278. The van der Waals surface area contributed by atoms with E-state index in [0.29, 0.717) is 26.9 Å². The lowest BCUT2D eigenvalue weighted by atomic mass is 10.0. The van der Waals surface area contributed by atoms with Crippen LogP contribution in [0.3, 0.4) is 0 Å². The number of hydrogen-bond donors (Lipinski definition) is 1. The van der Waals surface area contributed by atoms with Crippen molar-refractivity contribution in [2.24, 2.45) is 0 Å². The minimum Gasteiger partial charge on any atom is -0.371 e. The van der Waals surface area contributed by atoms with E-state index in [0.717, 1.165) is 57.5 Å². The molecule has 0 aromatic heterocycles. The van der Waals surface area contributed by atoms with Crippen LogP contribution in [-0.4, -0.2) is 42.9 Å². The van der Waals surface area contributed by atoms with Crippen LogP contribution in [0.2, 0.25) is 10.0 Å². The average molecular weight is 446 g/mol. The van der Waals surface area contributed by atoms with E-state index in [4.69, 9.17) is 23.2 Å². The van der Waals surface area contributed by atoms with Gasteiger partial charge in [0.15, 0.2) is 0 Å². The standard InChI is InChI=1S/C23H25Cl2N3O2/c24-17-12-16(13-18(25)14-17)22(29)26-19-6-7-21(27-8-2-1-3-9-27)20(15-19)23(30)28-10-4-5-11-28/h6-7,12-15H,1-5,8-11H2,(H,26,29). The van der Waals surface area contributed by atoms with Gasteiger partial charge in [0, 0.05) is 53.2 Å². The number of likely N-dealkylation sites (tertiary alicyclic amines) is 1. The maximum Gasteiger partial charge on any atom is 0.256 e. The molecule has 2 aromatic carbocycles. The molecule has 2 fully saturated rings. The Bertz CT molecular complexity index is 931. The molecular formula is C23H25Cl2N3O2. The number of carbonyl (C=O) groups is 2. The van der Waals surface area contributed by atoms with Crippen LogP contribution in [0.5, 0.6) is 0 Å². The molecule has 0 unspecified atom stereocenters. The Labute approximate surface area is 186 Å². The van der Waals surface area contributed by atoms with Crippen molar-refractivity contribution in [1.29, 1.82) is 0 Å².